The van der Waals surface area contributed by atoms with Crippen LogP contribution in [-0.2, 0) is 21.7 Å². The van der Waals surface area contributed by atoms with Crippen molar-refractivity contribution in [2.24, 2.45) is 16.6 Å². The van der Waals surface area contributed by atoms with Gasteiger partial charge in [-0.3, -0.25) is 0 Å². The number of nitrogens with zero attached hydrogens (tertiary/aromatic N) is 2. The van der Waals surface area contributed by atoms with Crippen LogP contribution in [0.5, 0.6) is 0 Å². The Morgan fingerprint density at radius 3 is 2.39 bits per heavy atom. The Morgan fingerprint density at radius 1 is 1.06 bits per heavy atom. The molecule has 1 saturated carbocycles. The van der Waals surface area contributed by atoms with Crippen LogP contribution in [0.3, 0.4) is 0 Å². The number of hydrogen-bond acceptors (Lipinski definition) is 4. The monoisotopic (exact) mass is 421 g/mol. The summed E-state index contributed by atoms with van der Waals surface area (Å²) in [6.45, 7) is 1.68. The number of rotatable bonds is 6. The number of aliphatic imine (C=N–C) groups is 1. The number of aliphatic hydroxyl groups is 1. The third kappa shape index (κ3) is 4.74. The minimum atomic E-state index is -1.60. The molecule has 2 unspecified atom stereocenters. The molecule has 1 aliphatic heterocycles. The maximum atomic E-state index is 13.2. The van der Waals surface area contributed by atoms with Gasteiger partial charge in [-0.15, -0.1) is 0 Å². The van der Waals surface area contributed by atoms with Crippen LogP contribution < -0.4 is 5.73 Å². The fourth-order valence-corrected chi connectivity index (χ4v) is 4.69. The second-order valence-electron chi connectivity index (χ2n) is 8.54. The zero-order valence-corrected chi connectivity index (χ0v) is 17.8. The van der Waals surface area contributed by atoms with Gasteiger partial charge < -0.3 is 20.5 Å². The number of nitrogens with two attached hydrogens (primary N) is 1. The zero-order valence-electron chi connectivity index (χ0n) is 17.8. The van der Waals surface area contributed by atoms with Crippen LogP contribution in [0.4, 0.5) is 0 Å². The van der Waals surface area contributed by atoms with Gasteiger partial charge in [-0.25, -0.2) is 9.79 Å². The third-order valence-electron chi connectivity index (χ3n) is 6.48. The number of likely N-dealkylation sites (tertiary alicyclic amines) is 1. The van der Waals surface area contributed by atoms with Crippen LogP contribution in [0.1, 0.15) is 43.2 Å². The highest BCUT2D eigenvalue weighted by molar-refractivity contribution is 5.82. The second-order valence-corrected chi connectivity index (χ2v) is 8.54. The van der Waals surface area contributed by atoms with E-state index < -0.39 is 11.6 Å². The van der Waals surface area contributed by atoms with Crippen molar-refractivity contribution in [3.63, 3.8) is 0 Å². The molecule has 1 saturated heterocycles. The van der Waals surface area contributed by atoms with Gasteiger partial charge in [0.25, 0.3) is 0 Å². The van der Waals surface area contributed by atoms with Crippen molar-refractivity contribution in [3.05, 3.63) is 71.8 Å². The fraction of sp³-hybridized carbons (Fsp3) is 0.440. The van der Waals surface area contributed by atoms with Gasteiger partial charge in [0.05, 0.1) is 13.1 Å². The highest BCUT2D eigenvalue weighted by atomic mass is 16.6. The summed E-state index contributed by atoms with van der Waals surface area (Å²) in [4.78, 5) is 19.7. The molecule has 0 spiro atoms. The first kappa shape index (κ1) is 21.4. The van der Waals surface area contributed by atoms with E-state index in [1.807, 2.05) is 65.6 Å². The van der Waals surface area contributed by atoms with Crippen LogP contribution in [0, 0.1) is 5.92 Å². The Labute approximate surface area is 183 Å². The van der Waals surface area contributed by atoms with E-state index in [9.17, 15) is 9.90 Å². The SMILES string of the molecule is NC(=NCc1ccccc1)N1CCC(OC(=O)C(O)(c2ccccc2)C2CCCC2)C1. The molecule has 0 amide bonds. The van der Waals surface area contributed by atoms with Gasteiger partial charge in [0, 0.05) is 18.9 Å². The van der Waals surface area contributed by atoms with Crippen molar-refractivity contribution in [1.29, 1.82) is 0 Å². The summed E-state index contributed by atoms with van der Waals surface area (Å²) in [5, 5.41) is 11.6. The first-order valence-electron chi connectivity index (χ1n) is 11.1. The molecule has 2 aliphatic rings. The van der Waals surface area contributed by atoms with Gasteiger partial charge in [-0.1, -0.05) is 73.5 Å². The lowest BCUT2D eigenvalue weighted by atomic mass is 9.80. The number of carbonyl (C=O) groups is 1. The molecule has 1 aliphatic carbocycles. The maximum Gasteiger partial charge on any atom is 0.343 e. The topological polar surface area (TPSA) is 88.1 Å². The lowest BCUT2D eigenvalue weighted by Crippen LogP contribution is -2.45. The van der Waals surface area contributed by atoms with Crippen molar-refractivity contribution in [3.8, 4) is 0 Å². The van der Waals surface area contributed by atoms with Crippen molar-refractivity contribution in [2.45, 2.75) is 50.4 Å². The number of hydrogen-bond donors (Lipinski definition) is 2. The highest BCUT2D eigenvalue weighted by Gasteiger charge is 2.48. The molecule has 2 fully saturated rings. The van der Waals surface area contributed by atoms with Crippen LogP contribution in [0.15, 0.2) is 65.7 Å². The van der Waals surface area contributed by atoms with Crippen molar-refractivity contribution >= 4 is 11.9 Å². The normalized spacial score (nSPS) is 21.8. The predicted octanol–water partition coefficient (Wildman–Crippen LogP) is 3.20. The minimum Gasteiger partial charge on any atom is -0.458 e. The Kier molecular flexibility index (Phi) is 6.56. The maximum absolute atomic E-state index is 13.2. The highest BCUT2D eigenvalue weighted by Crippen LogP contribution is 2.41. The van der Waals surface area contributed by atoms with Gasteiger partial charge in [-0.05, 0) is 24.0 Å². The molecule has 164 valence electrons. The van der Waals surface area contributed by atoms with Gasteiger partial charge >= 0.3 is 5.97 Å². The van der Waals surface area contributed by atoms with Crippen molar-refractivity contribution in [1.82, 2.24) is 4.90 Å². The van der Waals surface area contributed by atoms with E-state index in [2.05, 4.69) is 4.99 Å². The predicted molar refractivity (Wildman–Crippen MR) is 120 cm³/mol. The molecule has 6 nitrogen and oxygen atoms in total. The van der Waals surface area contributed by atoms with Crippen LogP contribution in [-0.4, -0.2) is 41.1 Å². The lowest BCUT2D eigenvalue weighted by Gasteiger charge is -2.33. The Hall–Kier alpha value is -2.86. The van der Waals surface area contributed by atoms with Gasteiger partial charge in [-0.2, -0.15) is 0 Å². The Balaban J connectivity index is 1.40. The van der Waals surface area contributed by atoms with E-state index >= 15 is 0 Å². The van der Waals surface area contributed by atoms with Gasteiger partial charge in [0.15, 0.2) is 11.6 Å². The molecule has 4 rings (SSSR count). The standard InChI is InChI=1S/C25H31N3O3/c26-24(27-17-19-9-3-1-4-10-19)28-16-15-22(18-28)31-23(29)25(30,21-13-7-8-14-21)20-11-5-2-6-12-20/h1-6,9-12,21-22,30H,7-8,13-18H2,(H2,26,27). The molecule has 0 bridgehead atoms. The summed E-state index contributed by atoms with van der Waals surface area (Å²) >= 11 is 0. The molecule has 6 heteroatoms. The van der Waals surface area contributed by atoms with Crippen LogP contribution >= 0.6 is 0 Å². The fourth-order valence-electron chi connectivity index (χ4n) is 4.69. The number of guanidine groups is 1. The molecule has 2 aromatic carbocycles. The van der Waals surface area contributed by atoms with E-state index in [1.54, 1.807) is 0 Å². The quantitative estimate of drug-likeness (QED) is 0.425. The Bertz CT molecular complexity index is 897. The first-order valence-corrected chi connectivity index (χ1v) is 11.1. The molecular weight excluding hydrogens is 390 g/mol. The van der Waals surface area contributed by atoms with E-state index in [0.717, 1.165) is 31.2 Å². The zero-order chi connectivity index (χ0) is 21.7. The van der Waals surface area contributed by atoms with E-state index in [-0.39, 0.29) is 12.0 Å². The van der Waals surface area contributed by atoms with Gasteiger partial charge in [0.2, 0.25) is 0 Å². The summed E-state index contributed by atoms with van der Waals surface area (Å²) in [6, 6.07) is 19.2. The largest absolute Gasteiger partial charge is 0.458 e. The summed E-state index contributed by atoms with van der Waals surface area (Å²) < 4.78 is 5.85. The summed E-state index contributed by atoms with van der Waals surface area (Å²) in [5.74, 6) is -0.203. The summed E-state index contributed by atoms with van der Waals surface area (Å²) in [6.07, 6.45) is 4.07. The first-order chi connectivity index (χ1) is 15.1. The number of ether oxygens (including phenoxy) is 1. The number of benzene rings is 2. The van der Waals surface area contributed by atoms with Crippen molar-refractivity contribution < 1.29 is 14.6 Å². The lowest BCUT2D eigenvalue weighted by molar-refractivity contribution is -0.178. The number of carbonyl (C=O) groups excluding carboxylic acids is 1. The van der Waals surface area contributed by atoms with Crippen molar-refractivity contribution in [2.75, 3.05) is 13.1 Å². The molecule has 3 N–H and O–H groups in total. The molecule has 0 aromatic heterocycles. The molecule has 31 heavy (non-hydrogen) atoms. The third-order valence-corrected chi connectivity index (χ3v) is 6.48. The van der Waals surface area contributed by atoms with E-state index in [4.69, 9.17) is 10.5 Å². The number of esters is 1. The molecule has 0 radical (unpaired) electrons. The van der Waals surface area contributed by atoms with Crippen LogP contribution in [0.2, 0.25) is 0 Å². The van der Waals surface area contributed by atoms with E-state index in [0.29, 0.717) is 37.6 Å². The summed E-state index contributed by atoms with van der Waals surface area (Å²) in [5.41, 5.74) is 6.29. The second kappa shape index (κ2) is 9.52. The molecule has 1 heterocycles. The molecule has 2 atom stereocenters. The smallest absolute Gasteiger partial charge is 0.343 e. The van der Waals surface area contributed by atoms with Gasteiger partial charge in [0.1, 0.15) is 6.10 Å². The minimum absolute atomic E-state index is 0.114. The average Bonchev–Trinajstić information content (AvgIpc) is 3.51. The van der Waals surface area contributed by atoms with E-state index in [1.165, 1.54) is 0 Å². The average molecular weight is 422 g/mol. The summed E-state index contributed by atoms with van der Waals surface area (Å²) in [7, 11) is 0. The van der Waals surface area contributed by atoms with Crippen LogP contribution in [0.25, 0.3) is 0 Å². The molecule has 2 aromatic rings. The Morgan fingerprint density at radius 2 is 1.71 bits per heavy atom. The molecular formula is C25H31N3O3.